The Kier molecular flexibility index (Phi) is 5.85. The van der Waals surface area contributed by atoms with Crippen LogP contribution >= 0.6 is 24.0 Å². The Morgan fingerprint density at radius 2 is 1.81 bits per heavy atom. The fourth-order valence-corrected chi connectivity index (χ4v) is 3.14. The smallest absolute Gasteiger partial charge is 0.165 e. The highest BCUT2D eigenvalue weighted by atomic mass is 35.5. The van der Waals surface area contributed by atoms with Crippen molar-refractivity contribution in [2.24, 2.45) is 0 Å². The van der Waals surface area contributed by atoms with E-state index in [4.69, 9.17) is 16.6 Å². The molecule has 27 heavy (non-hydrogen) atoms. The highest BCUT2D eigenvalue weighted by molar-refractivity contribution is 6.30. The summed E-state index contributed by atoms with van der Waals surface area (Å²) in [5.41, 5.74) is 3.90. The molecule has 5 nitrogen and oxygen atoms in total. The first-order chi connectivity index (χ1) is 12.6. The van der Waals surface area contributed by atoms with Gasteiger partial charge in [-0.1, -0.05) is 35.9 Å². The third-order valence-electron chi connectivity index (χ3n) is 4.36. The zero-order valence-corrected chi connectivity index (χ0v) is 16.8. The molecule has 2 heterocycles. The van der Waals surface area contributed by atoms with Crippen LogP contribution in [0.25, 0.3) is 27.7 Å². The molecule has 0 amide bonds. The fraction of sp³-hybridized carbons (Fsp3) is 0.200. The van der Waals surface area contributed by atoms with Crippen molar-refractivity contribution in [3.63, 3.8) is 0 Å². The summed E-state index contributed by atoms with van der Waals surface area (Å²) < 4.78 is 1.90. The van der Waals surface area contributed by atoms with Gasteiger partial charge in [-0.3, -0.25) is 0 Å². The number of hydrogen-bond acceptors (Lipinski definition) is 4. The molecule has 0 saturated heterocycles. The van der Waals surface area contributed by atoms with Crippen LogP contribution in [0.15, 0.2) is 54.7 Å². The van der Waals surface area contributed by atoms with Gasteiger partial charge in [-0.05, 0) is 43.9 Å². The lowest BCUT2D eigenvalue weighted by molar-refractivity contribution is 0.425. The van der Waals surface area contributed by atoms with Crippen LogP contribution in [0.1, 0.15) is 0 Å². The van der Waals surface area contributed by atoms with E-state index in [1.165, 1.54) is 0 Å². The number of nitrogens with zero attached hydrogens (tertiary/aromatic N) is 4. The van der Waals surface area contributed by atoms with E-state index in [-0.39, 0.29) is 12.4 Å². The first-order valence-electron chi connectivity index (χ1n) is 8.54. The minimum Gasteiger partial charge on any atom is -0.368 e. The first kappa shape index (κ1) is 19.4. The Labute approximate surface area is 169 Å². The van der Waals surface area contributed by atoms with Crippen molar-refractivity contribution in [3.8, 4) is 11.1 Å². The molecule has 0 fully saturated rings. The molecule has 0 spiro atoms. The SMILES string of the molecule is CN(C)CCNc1nc2c(-c3ccc(Cl)cc3)cnn2c2ccccc12.Cl. The topological polar surface area (TPSA) is 45.5 Å². The van der Waals surface area contributed by atoms with Crippen molar-refractivity contribution in [1.82, 2.24) is 19.5 Å². The lowest BCUT2D eigenvalue weighted by atomic mass is 10.1. The van der Waals surface area contributed by atoms with Gasteiger partial charge in [0.25, 0.3) is 0 Å². The van der Waals surface area contributed by atoms with Gasteiger partial charge in [-0.15, -0.1) is 12.4 Å². The number of para-hydroxylation sites is 1. The lowest BCUT2D eigenvalue weighted by Gasteiger charge is -2.13. The summed E-state index contributed by atoms with van der Waals surface area (Å²) in [4.78, 5) is 7.04. The summed E-state index contributed by atoms with van der Waals surface area (Å²) in [5, 5.41) is 9.83. The number of likely N-dealkylation sites (N-methyl/N-ethyl adjacent to an activating group) is 1. The molecule has 0 bridgehead atoms. The van der Waals surface area contributed by atoms with Gasteiger partial charge in [0.05, 0.1) is 11.7 Å². The van der Waals surface area contributed by atoms with Gasteiger partial charge in [0.1, 0.15) is 5.82 Å². The molecule has 2 aromatic heterocycles. The minimum atomic E-state index is 0. The molecule has 0 unspecified atom stereocenters. The second-order valence-corrected chi connectivity index (χ2v) is 6.94. The third-order valence-corrected chi connectivity index (χ3v) is 4.61. The van der Waals surface area contributed by atoms with Crippen molar-refractivity contribution in [2.75, 3.05) is 32.5 Å². The second kappa shape index (κ2) is 8.13. The second-order valence-electron chi connectivity index (χ2n) is 6.51. The monoisotopic (exact) mass is 401 g/mol. The van der Waals surface area contributed by atoms with Crippen molar-refractivity contribution in [2.45, 2.75) is 0 Å². The van der Waals surface area contributed by atoms with Gasteiger partial charge in [-0.2, -0.15) is 5.10 Å². The van der Waals surface area contributed by atoms with E-state index in [0.717, 1.165) is 51.6 Å². The summed E-state index contributed by atoms with van der Waals surface area (Å²) in [6, 6.07) is 16.0. The third kappa shape index (κ3) is 3.86. The van der Waals surface area contributed by atoms with Gasteiger partial charge in [0, 0.05) is 29.1 Å². The number of rotatable bonds is 5. The normalized spacial score (nSPS) is 11.1. The van der Waals surface area contributed by atoms with Crippen LogP contribution in [0.3, 0.4) is 0 Å². The quantitative estimate of drug-likeness (QED) is 0.530. The molecular weight excluding hydrogens is 381 g/mol. The molecule has 140 valence electrons. The Balaban J connectivity index is 0.00000210. The maximum Gasteiger partial charge on any atom is 0.165 e. The largest absolute Gasteiger partial charge is 0.368 e. The van der Waals surface area contributed by atoms with Crippen LogP contribution in [-0.2, 0) is 0 Å². The van der Waals surface area contributed by atoms with E-state index in [9.17, 15) is 0 Å². The molecule has 0 radical (unpaired) electrons. The van der Waals surface area contributed by atoms with Crippen molar-refractivity contribution >= 4 is 46.4 Å². The predicted molar refractivity (Wildman–Crippen MR) is 115 cm³/mol. The lowest BCUT2D eigenvalue weighted by Crippen LogP contribution is -2.21. The number of halogens is 2. The number of fused-ring (bicyclic) bond motifs is 3. The van der Waals surface area contributed by atoms with Crippen molar-refractivity contribution < 1.29 is 0 Å². The van der Waals surface area contributed by atoms with E-state index >= 15 is 0 Å². The van der Waals surface area contributed by atoms with Gasteiger partial charge in [0.2, 0.25) is 0 Å². The maximum absolute atomic E-state index is 6.03. The molecule has 2 aromatic carbocycles. The van der Waals surface area contributed by atoms with Gasteiger partial charge in [0.15, 0.2) is 5.65 Å². The van der Waals surface area contributed by atoms with Crippen molar-refractivity contribution in [1.29, 1.82) is 0 Å². The standard InChI is InChI=1S/C20H20ClN5.ClH/c1-25(2)12-11-22-19-16-5-3-4-6-18(16)26-20(24-19)17(13-23-26)14-7-9-15(21)10-8-14;/h3-10,13H,11-12H2,1-2H3,(H,22,24);1H. The fourth-order valence-electron chi connectivity index (χ4n) is 3.02. The molecule has 4 rings (SSSR count). The highest BCUT2D eigenvalue weighted by Crippen LogP contribution is 2.29. The summed E-state index contributed by atoms with van der Waals surface area (Å²) in [7, 11) is 4.12. The molecule has 4 aromatic rings. The van der Waals surface area contributed by atoms with Crippen LogP contribution in [-0.4, -0.2) is 46.7 Å². The van der Waals surface area contributed by atoms with Gasteiger partial charge < -0.3 is 10.2 Å². The number of nitrogens with one attached hydrogen (secondary N) is 1. The Morgan fingerprint density at radius 1 is 1.07 bits per heavy atom. The van der Waals surface area contributed by atoms with Crippen LogP contribution in [0.4, 0.5) is 5.82 Å². The van der Waals surface area contributed by atoms with Crippen LogP contribution in [0.5, 0.6) is 0 Å². The van der Waals surface area contributed by atoms with E-state index in [0.29, 0.717) is 0 Å². The number of anilines is 1. The van der Waals surface area contributed by atoms with Gasteiger partial charge >= 0.3 is 0 Å². The first-order valence-corrected chi connectivity index (χ1v) is 8.92. The van der Waals surface area contributed by atoms with E-state index < -0.39 is 0 Å². The van der Waals surface area contributed by atoms with Crippen LogP contribution < -0.4 is 5.32 Å². The Morgan fingerprint density at radius 3 is 2.56 bits per heavy atom. The number of aromatic nitrogens is 3. The molecule has 0 aliphatic heterocycles. The molecule has 1 N–H and O–H groups in total. The average Bonchev–Trinajstić information content (AvgIpc) is 3.06. The zero-order valence-electron chi connectivity index (χ0n) is 15.2. The van der Waals surface area contributed by atoms with E-state index in [1.54, 1.807) is 0 Å². The summed E-state index contributed by atoms with van der Waals surface area (Å²) >= 11 is 6.03. The van der Waals surface area contributed by atoms with Crippen LogP contribution in [0, 0.1) is 0 Å². The molecule has 0 aliphatic carbocycles. The van der Waals surface area contributed by atoms with Crippen molar-refractivity contribution in [3.05, 3.63) is 59.8 Å². The zero-order chi connectivity index (χ0) is 18.1. The number of hydrogen-bond donors (Lipinski definition) is 1. The molecule has 7 heteroatoms. The minimum absolute atomic E-state index is 0. The van der Waals surface area contributed by atoms with E-state index in [2.05, 4.69) is 41.5 Å². The summed E-state index contributed by atoms with van der Waals surface area (Å²) in [6.07, 6.45) is 1.86. The average molecular weight is 402 g/mol. The van der Waals surface area contributed by atoms with E-state index in [1.807, 2.05) is 47.1 Å². The number of benzene rings is 2. The van der Waals surface area contributed by atoms with Crippen LogP contribution in [0.2, 0.25) is 5.02 Å². The van der Waals surface area contributed by atoms with Gasteiger partial charge in [-0.25, -0.2) is 9.50 Å². The molecule has 0 saturated carbocycles. The summed E-state index contributed by atoms with van der Waals surface area (Å²) in [6.45, 7) is 1.76. The Hall–Kier alpha value is -2.34. The Bertz CT molecular complexity index is 1060. The predicted octanol–water partition coefficient (Wildman–Crippen LogP) is 4.60. The summed E-state index contributed by atoms with van der Waals surface area (Å²) in [5.74, 6) is 0.880. The maximum atomic E-state index is 6.03. The molecular formula is C20H21Cl2N5. The highest BCUT2D eigenvalue weighted by Gasteiger charge is 2.14. The molecule has 0 aliphatic rings. The molecule has 0 atom stereocenters.